The summed E-state index contributed by atoms with van der Waals surface area (Å²) in [6.07, 6.45) is 5.14. The second-order valence-electron chi connectivity index (χ2n) is 8.39. The molecule has 0 saturated heterocycles. The van der Waals surface area contributed by atoms with E-state index in [1.807, 2.05) is 0 Å². The zero-order valence-corrected chi connectivity index (χ0v) is 17.7. The Morgan fingerprint density at radius 1 is 1.10 bits per heavy atom. The fraction of sp³-hybridized carbons (Fsp3) is 0.842. The van der Waals surface area contributed by atoms with Crippen LogP contribution < -0.4 is 10.0 Å². The van der Waals surface area contributed by atoms with E-state index in [-0.39, 0.29) is 24.1 Å². The predicted octanol–water partition coefficient (Wildman–Crippen LogP) is 1.48. The summed E-state index contributed by atoms with van der Waals surface area (Å²) in [6.45, 7) is 1.69. The van der Waals surface area contributed by atoms with Crippen molar-refractivity contribution in [2.45, 2.75) is 83.2 Å². The molecule has 10 heteroatoms. The number of carbonyl (C=O) groups excluding carboxylic acids is 1. The average molecular weight is 433 g/mol. The standard InChI is InChI=1S/C19H32N2O7S/c1-2-10-29(27,28)21-15(17(24)25)12-19(8-3-4-9-19)18(26)20-14-7-5-6-13(11-14)16(22)23/h13-15,21H,2-12H2,1H3,(H,20,26)(H,22,23)(H,24,25)/t13-,14+,15?/m1/s1. The highest BCUT2D eigenvalue weighted by Crippen LogP contribution is 2.43. The van der Waals surface area contributed by atoms with Crippen molar-refractivity contribution in [1.29, 1.82) is 0 Å². The maximum absolute atomic E-state index is 13.1. The molecule has 2 aliphatic rings. The highest BCUT2D eigenvalue weighted by Gasteiger charge is 2.45. The van der Waals surface area contributed by atoms with E-state index in [1.54, 1.807) is 6.92 Å². The molecule has 2 fully saturated rings. The summed E-state index contributed by atoms with van der Waals surface area (Å²) in [5, 5.41) is 21.7. The van der Waals surface area contributed by atoms with Gasteiger partial charge in [-0.2, -0.15) is 0 Å². The summed E-state index contributed by atoms with van der Waals surface area (Å²) in [4.78, 5) is 36.1. The van der Waals surface area contributed by atoms with Crippen LogP contribution in [0.4, 0.5) is 0 Å². The number of sulfonamides is 1. The Morgan fingerprint density at radius 2 is 1.76 bits per heavy atom. The lowest BCUT2D eigenvalue weighted by atomic mass is 9.78. The molecule has 166 valence electrons. The highest BCUT2D eigenvalue weighted by atomic mass is 32.2. The van der Waals surface area contributed by atoms with Crippen molar-refractivity contribution in [2.24, 2.45) is 11.3 Å². The minimum atomic E-state index is -3.74. The first-order valence-electron chi connectivity index (χ1n) is 10.3. The number of carbonyl (C=O) groups is 3. The van der Waals surface area contributed by atoms with Gasteiger partial charge in [0.15, 0.2) is 0 Å². The molecule has 2 saturated carbocycles. The fourth-order valence-electron chi connectivity index (χ4n) is 4.57. The molecule has 9 nitrogen and oxygen atoms in total. The molecule has 0 aromatic carbocycles. The van der Waals surface area contributed by atoms with Gasteiger partial charge in [0.1, 0.15) is 6.04 Å². The van der Waals surface area contributed by atoms with Gasteiger partial charge in [-0.05, 0) is 44.9 Å². The summed E-state index contributed by atoms with van der Waals surface area (Å²) >= 11 is 0. The monoisotopic (exact) mass is 432 g/mol. The van der Waals surface area contributed by atoms with Gasteiger partial charge in [0, 0.05) is 6.04 Å². The first kappa shape index (κ1) is 23.6. The highest BCUT2D eigenvalue weighted by molar-refractivity contribution is 7.89. The van der Waals surface area contributed by atoms with Crippen LogP contribution in [0, 0.1) is 11.3 Å². The quantitative estimate of drug-likeness (QED) is 0.408. The topological polar surface area (TPSA) is 150 Å². The van der Waals surface area contributed by atoms with Gasteiger partial charge in [-0.1, -0.05) is 26.2 Å². The normalized spacial score (nSPS) is 25.3. The molecular formula is C19H32N2O7S. The van der Waals surface area contributed by atoms with E-state index in [4.69, 9.17) is 0 Å². The Morgan fingerprint density at radius 3 is 2.31 bits per heavy atom. The molecule has 0 heterocycles. The minimum absolute atomic E-state index is 0.105. The third kappa shape index (κ3) is 6.40. The number of amides is 1. The van der Waals surface area contributed by atoms with Crippen molar-refractivity contribution < 1.29 is 33.0 Å². The van der Waals surface area contributed by atoms with E-state index in [1.165, 1.54) is 0 Å². The average Bonchev–Trinajstić information content (AvgIpc) is 3.11. The van der Waals surface area contributed by atoms with Gasteiger partial charge in [-0.3, -0.25) is 14.4 Å². The van der Waals surface area contributed by atoms with E-state index in [0.29, 0.717) is 44.9 Å². The molecule has 0 radical (unpaired) electrons. The van der Waals surface area contributed by atoms with Crippen molar-refractivity contribution in [2.75, 3.05) is 5.75 Å². The van der Waals surface area contributed by atoms with Crippen LogP contribution in [-0.2, 0) is 24.4 Å². The van der Waals surface area contributed by atoms with Crippen LogP contribution in [0.1, 0.15) is 71.1 Å². The van der Waals surface area contributed by atoms with E-state index in [0.717, 1.165) is 12.8 Å². The molecule has 0 aliphatic heterocycles. The summed E-state index contributed by atoms with van der Waals surface area (Å²) < 4.78 is 26.4. The molecule has 1 amide bonds. The molecule has 29 heavy (non-hydrogen) atoms. The Kier molecular flexibility index (Phi) is 8.04. The van der Waals surface area contributed by atoms with E-state index in [9.17, 15) is 33.0 Å². The van der Waals surface area contributed by atoms with Crippen LogP contribution in [0.2, 0.25) is 0 Å². The molecule has 0 bridgehead atoms. The summed E-state index contributed by atoms with van der Waals surface area (Å²) in [5.74, 6) is -3.11. The molecule has 0 aromatic rings. The van der Waals surface area contributed by atoms with Crippen molar-refractivity contribution in [3.63, 3.8) is 0 Å². The first-order valence-corrected chi connectivity index (χ1v) is 12.0. The Hall–Kier alpha value is -1.68. The van der Waals surface area contributed by atoms with E-state index >= 15 is 0 Å². The second kappa shape index (κ2) is 9.88. The van der Waals surface area contributed by atoms with E-state index in [2.05, 4.69) is 10.0 Å². The molecular weight excluding hydrogens is 400 g/mol. The third-order valence-corrected chi connectivity index (χ3v) is 7.68. The number of aliphatic carboxylic acids is 2. The lowest BCUT2D eigenvalue weighted by Crippen LogP contribution is -2.51. The van der Waals surface area contributed by atoms with Crippen LogP contribution >= 0.6 is 0 Å². The Balaban J connectivity index is 2.11. The van der Waals surface area contributed by atoms with Crippen LogP contribution in [0.25, 0.3) is 0 Å². The van der Waals surface area contributed by atoms with Gasteiger partial charge in [0.2, 0.25) is 15.9 Å². The number of hydrogen-bond donors (Lipinski definition) is 4. The zero-order chi connectivity index (χ0) is 21.7. The van der Waals surface area contributed by atoms with Gasteiger partial charge in [0.05, 0.1) is 17.1 Å². The minimum Gasteiger partial charge on any atom is -0.481 e. The van der Waals surface area contributed by atoms with Crippen molar-refractivity contribution >= 4 is 27.9 Å². The molecule has 0 aromatic heterocycles. The summed E-state index contributed by atoms with van der Waals surface area (Å²) in [7, 11) is -3.74. The zero-order valence-electron chi connectivity index (χ0n) is 16.9. The third-order valence-electron chi connectivity index (χ3n) is 6.09. The molecule has 4 N–H and O–H groups in total. The molecule has 0 spiro atoms. The largest absolute Gasteiger partial charge is 0.481 e. The maximum atomic E-state index is 13.1. The SMILES string of the molecule is CCCS(=O)(=O)NC(CC1(C(=O)N[C@H]2CCC[C@@H](C(=O)O)C2)CCCC1)C(=O)O. The molecule has 1 unspecified atom stereocenters. The number of hydrogen-bond acceptors (Lipinski definition) is 5. The van der Waals surface area contributed by atoms with Crippen LogP contribution in [0.3, 0.4) is 0 Å². The Bertz CT molecular complexity index is 716. The van der Waals surface area contributed by atoms with Gasteiger partial charge >= 0.3 is 11.9 Å². The van der Waals surface area contributed by atoms with Crippen molar-refractivity contribution in [1.82, 2.24) is 10.0 Å². The van der Waals surface area contributed by atoms with Crippen LogP contribution in [0.15, 0.2) is 0 Å². The van der Waals surface area contributed by atoms with Crippen LogP contribution in [-0.4, -0.2) is 54.3 Å². The number of carboxylic acid groups (broad SMARTS) is 2. The Labute approximate surface area is 171 Å². The van der Waals surface area contributed by atoms with Crippen molar-refractivity contribution in [3.8, 4) is 0 Å². The molecule has 2 aliphatic carbocycles. The fourth-order valence-corrected chi connectivity index (χ4v) is 5.85. The van der Waals surface area contributed by atoms with Gasteiger partial charge < -0.3 is 15.5 Å². The van der Waals surface area contributed by atoms with Gasteiger partial charge in [-0.15, -0.1) is 0 Å². The second-order valence-corrected chi connectivity index (χ2v) is 10.3. The summed E-state index contributed by atoms with van der Waals surface area (Å²) in [6, 6.07) is -1.62. The number of carboxylic acids is 2. The van der Waals surface area contributed by atoms with E-state index < -0.39 is 39.3 Å². The predicted molar refractivity (Wildman–Crippen MR) is 106 cm³/mol. The van der Waals surface area contributed by atoms with Gasteiger partial charge in [0.25, 0.3) is 0 Å². The maximum Gasteiger partial charge on any atom is 0.321 e. The first-order chi connectivity index (χ1) is 13.6. The van der Waals surface area contributed by atoms with Crippen LogP contribution in [0.5, 0.6) is 0 Å². The number of rotatable bonds is 10. The van der Waals surface area contributed by atoms with Crippen molar-refractivity contribution in [3.05, 3.63) is 0 Å². The smallest absolute Gasteiger partial charge is 0.321 e. The lowest BCUT2D eigenvalue weighted by Gasteiger charge is -2.34. The van der Waals surface area contributed by atoms with Gasteiger partial charge in [-0.25, -0.2) is 13.1 Å². The molecule has 2 rings (SSSR count). The summed E-state index contributed by atoms with van der Waals surface area (Å²) in [5.41, 5.74) is -0.950. The number of nitrogens with one attached hydrogen (secondary N) is 2. The molecule has 3 atom stereocenters. The lowest BCUT2D eigenvalue weighted by molar-refractivity contribution is -0.145.